The van der Waals surface area contributed by atoms with Crippen LogP contribution in [0.5, 0.6) is 5.75 Å². The van der Waals surface area contributed by atoms with Gasteiger partial charge in [-0.3, -0.25) is 0 Å². The lowest BCUT2D eigenvalue weighted by molar-refractivity contribution is 0.211. The predicted octanol–water partition coefficient (Wildman–Crippen LogP) is 4.02. The van der Waals surface area contributed by atoms with Crippen molar-refractivity contribution in [3.8, 4) is 5.75 Å². The number of halogens is 2. The van der Waals surface area contributed by atoms with Crippen LogP contribution in [0.4, 0.5) is 10.1 Å². The van der Waals surface area contributed by atoms with Crippen LogP contribution in [-0.2, 0) is 11.3 Å². The fourth-order valence-electron chi connectivity index (χ4n) is 2.59. The molecule has 0 aliphatic rings. The third kappa shape index (κ3) is 10.1. The smallest absolute Gasteiger partial charge is 0.191 e. The molecular formula is C22H32FIN4O2. The van der Waals surface area contributed by atoms with E-state index in [9.17, 15) is 4.39 Å². The van der Waals surface area contributed by atoms with Gasteiger partial charge >= 0.3 is 0 Å². The number of aliphatic imine (C=N–C) groups is 1. The van der Waals surface area contributed by atoms with Gasteiger partial charge in [0.2, 0.25) is 0 Å². The number of hydrogen-bond donors (Lipinski definition) is 3. The van der Waals surface area contributed by atoms with E-state index in [-0.39, 0.29) is 35.9 Å². The molecule has 0 saturated carbocycles. The van der Waals surface area contributed by atoms with Crippen molar-refractivity contribution in [3.63, 3.8) is 0 Å². The summed E-state index contributed by atoms with van der Waals surface area (Å²) in [5.74, 6) is 0.919. The Morgan fingerprint density at radius 2 is 1.90 bits per heavy atom. The average molecular weight is 530 g/mol. The molecule has 8 heteroatoms. The molecule has 0 saturated heterocycles. The van der Waals surface area contributed by atoms with Crippen molar-refractivity contribution < 1.29 is 13.9 Å². The maximum atomic E-state index is 13.3. The molecule has 0 fully saturated rings. The lowest BCUT2D eigenvalue weighted by Crippen LogP contribution is -2.41. The van der Waals surface area contributed by atoms with Crippen LogP contribution in [0.25, 0.3) is 0 Å². The molecule has 0 amide bonds. The van der Waals surface area contributed by atoms with Crippen molar-refractivity contribution in [1.82, 2.24) is 10.6 Å². The summed E-state index contributed by atoms with van der Waals surface area (Å²) in [5.41, 5.74) is 2.17. The Bertz CT molecular complexity index is 759. The minimum Gasteiger partial charge on any atom is -0.489 e. The first-order chi connectivity index (χ1) is 14.1. The van der Waals surface area contributed by atoms with E-state index < -0.39 is 0 Å². The summed E-state index contributed by atoms with van der Waals surface area (Å²) < 4.78 is 24.0. The lowest BCUT2D eigenvalue weighted by Gasteiger charge is -2.17. The van der Waals surface area contributed by atoms with E-state index in [1.54, 1.807) is 19.2 Å². The molecule has 0 radical (unpaired) electrons. The summed E-state index contributed by atoms with van der Waals surface area (Å²) in [7, 11) is 1.69. The van der Waals surface area contributed by atoms with Gasteiger partial charge in [0.1, 0.15) is 17.7 Å². The molecule has 166 valence electrons. The van der Waals surface area contributed by atoms with Crippen molar-refractivity contribution >= 4 is 35.6 Å². The standard InChI is InChI=1S/C22H31FN4O2.HI/c1-4-24-22(26-15-17(2)29-21-7-5-6-19(23)14-21)27-16-18-8-10-20(11-9-18)25-12-13-28-3;/h5-11,14,17,25H,4,12-13,15-16H2,1-3H3,(H2,24,26,27);1H. The monoisotopic (exact) mass is 530 g/mol. The zero-order valence-electron chi connectivity index (χ0n) is 17.8. The Balaban J connectivity index is 0.00000450. The third-order valence-electron chi connectivity index (χ3n) is 4.04. The van der Waals surface area contributed by atoms with Crippen LogP contribution in [0.3, 0.4) is 0 Å². The summed E-state index contributed by atoms with van der Waals surface area (Å²) >= 11 is 0. The summed E-state index contributed by atoms with van der Waals surface area (Å²) in [6, 6.07) is 14.3. The Morgan fingerprint density at radius 3 is 2.57 bits per heavy atom. The Kier molecular flexibility index (Phi) is 12.8. The molecule has 2 aromatic rings. The SMILES string of the molecule is CCNC(=NCc1ccc(NCCOC)cc1)NCC(C)Oc1cccc(F)c1.I. The molecule has 2 rings (SSSR count). The number of ether oxygens (including phenoxy) is 2. The summed E-state index contributed by atoms with van der Waals surface area (Å²) in [6.07, 6.45) is -0.141. The lowest BCUT2D eigenvalue weighted by atomic mass is 10.2. The van der Waals surface area contributed by atoms with Crippen molar-refractivity contribution in [1.29, 1.82) is 0 Å². The summed E-state index contributed by atoms with van der Waals surface area (Å²) in [5, 5.41) is 9.78. The van der Waals surface area contributed by atoms with Gasteiger partial charge in [-0.1, -0.05) is 18.2 Å². The maximum Gasteiger partial charge on any atom is 0.191 e. The number of rotatable bonds is 11. The Labute approximate surface area is 195 Å². The highest BCUT2D eigenvalue weighted by atomic mass is 127. The Morgan fingerprint density at radius 1 is 1.13 bits per heavy atom. The molecule has 2 aromatic carbocycles. The van der Waals surface area contributed by atoms with Crippen LogP contribution >= 0.6 is 24.0 Å². The van der Waals surface area contributed by atoms with Gasteiger partial charge in [0, 0.05) is 32.0 Å². The zero-order valence-corrected chi connectivity index (χ0v) is 20.1. The van der Waals surface area contributed by atoms with Crippen LogP contribution in [0.15, 0.2) is 53.5 Å². The molecule has 0 bridgehead atoms. The van der Waals surface area contributed by atoms with Crippen molar-refractivity contribution in [3.05, 3.63) is 59.9 Å². The van der Waals surface area contributed by atoms with Crippen molar-refractivity contribution in [2.45, 2.75) is 26.5 Å². The average Bonchev–Trinajstić information content (AvgIpc) is 2.71. The molecule has 0 aromatic heterocycles. The molecule has 3 N–H and O–H groups in total. The topological polar surface area (TPSA) is 66.9 Å². The minimum absolute atomic E-state index is 0. The van der Waals surface area contributed by atoms with Gasteiger partial charge in [-0.2, -0.15) is 0 Å². The summed E-state index contributed by atoms with van der Waals surface area (Å²) in [6.45, 7) is 7.26. The molecule has 0 aliphatic carbocycles. The van der Waals surface area contributed by atoms with E-state index in [2.05, 4.69) is 33.1 Å². The Hall–Kier alpha value is -2.07. The highest BCUT2D eigenvalue weighted by Crippen LogP contribution is 2.13. The molecule has 30 heavy (non-hydrogen) atoms. The van der Waals surface area contributed by atoms with E-state index in [0.29, 0.717) is 31.4 Å². The molecule has 1 atom stereocenters. The molecule has 6 nitrogen and oxygen atoms in total. The van der Waals surface area contributed by atoms with Crippen LogP contribution in [0.2, 0.25) is 0 Å². The fourth-order valence-corrected chi connectivity index (χ4v) is 2.59. The summed E-state index contributed by atoms with van der Waals surface area (Å²) in [4.78, 5) is 4.62. The van der Waals surface area contributed by atoms with Crippen LogP contribution in [0, 0.1) is 5.82 Å². The number of nitrogens with one attached hydrogen (secondary N) is 3. The zero-order chi connectivity index (χ0) is 20.9. The molecule has 0 heterocycles. The normalized spacial score (nSPS) is 11.9. The largest absolute Gasteiger partial charge is 0.489 e. The van der Waals surface area contributed by atoms with Gasteiger partial charge in [-0.15, -0.1) is 24.0 Å². The van der Waals surface area contributed by atoms with Crippen LogP contribution in [0.1, 0.15) is 19.4 Å². The second kappa shape index (κ2) is 14.8. The number of methoxy groups -OCH3 is 1. The fraction of sp³-hybridized carbons (Fsp3) is 0.409. The van der Waals surface area contributed by atoms with Gasteiger partial charge in [0.15, 0.2) is 5.96 Å². The van der Waals surface area contributed by atoms with Gasteiger partial charge in [-0.25, -0.2) is 9.38 Å². The number of hydrogen-bond acceptors (Lipinski definition) is 4. The number of anilines is 1. The first-order valence-corrected chi connectivity index (χ1v) is 9.87. The van der Waals surface area contributed by atoms with E-state index in [1.807, 2.05) is 26.0 Å². The van der Waals surface area contributed by atoms with Crippen molar-refractivity contribution in [2.24, 2.45) is 4.99 Å². The maximum absolute atomic E-state index is 13.3. The molecule has 1 unspecified atom stereocenters. The van der Waals surface area contributed by atoms with Gasteiger partial charge < -0.3 is 25.4 Å². The first kappa shape index (κ1) is 26.0. The van der Waals surface area contributed by atoms with Crippen LogP contribution in [-0.4, -0.2) is 45.4 Å². The van der Waals surface area contributed by atoms with E-state index >= 15 is 0 Å². The van der Waals surface area contributed by atoms with E-state index in [4.69, 9.17) is 9.47 Å². The predicted molar refractivity (Wildman–Crippen MR) is 132 cm³/mol. The van der Waals surface area contributed by atoms with Crippen LogP contribution < -0.4 is 20.7 Å². The number of benzene rings is 2. The highest BCUT2D eigenvalue weighted by Gasteiger charge is 2.06. The third-order valence-corrected chi connectivity index (χ3v) is 4.04. The molecule has 0 aliphatic heterocycles. The first-order valence-electron chi connectivity index (χ1n) is 9.87. The molecular weight excluding hydrogens is 498 g/mol. The number of guanidine groups is 1. The van der Waals surface area contributed by atoms with Crippen molar-refractivity contribution in [2.75, 3.05) is 38.7 Å². The highest BCUT2D eigenvalue weighted by molar-refractivity contribution is 14.0. The van der Waals surface area contributed by atoms with Gasteiger partial charge in [0.05, 0.1) is 19.7 Å². The van der Waals surface area contributed by atoms with Gasteiger partial charge in [0.25, 0.3) is 0 Å². The van der Waals surface area contributed by atoms with E-state index in [1.165, 1.54) is 12.1 Å². The number of nitrogens with zero attached hydrogens (tertiary/aromatic N) is 1. The van der Waals surface area contributed by atoms with Gasteiger partial charge in [-0.05, 0) is 43.7 Å². The van der Waals surface area contributed by atoms with E-state index in [0.717, 1.165) is 24.3 Å². The second-order valence-electron chi connectivity index (χ2n) is 6.58. The quantitative estimate of drug-likeness (QED) is 0.177. The molecule has 0 spiro atoms. The second-order valence-corrected chi connectivity index (χ2v) is 6.58. The minimum atomic E-state index is -0.308.